The maximum atomic E-state index is 10.5. The van der Waals surface area contributed by atoms with Crippen LogP contribution in [-0.2, 0) is 12.0 Å². The van der Waals surface area contributed by atoms with Gasteiger partial charge in [-0.3, -0.25) is 0 Å². The Balaban J connectivity index is 2.18. The summed E-state index contributed by atoms with van der Waals surface area (Å²) in [5.74, 6) is 0.806. The molecule has 1 unspecified atom stereocenters. The average Bonchev–Trinajstić information content (AvgIpc) is 2.81. The highest BCUT2D eigenvalue weighted by molar-refractivity contribution is 7.09. The van der Waals surface area contributed by atoms with Crippen LogP contribution in [0.25, 0.3) is 0 Å². The van der Waals surface area contributed by atoms with Crippen LogP contribution in [0.3, 0.4) is 0 Å². The van der Waals surface area contributed by atoms with Gasteiger partial charge in [0.1, 0.15) is 5.75 Å². The topological polar surface area (TPSA) is 29.5 Å². The fourth-order valence-electron chi connectivity index (χ4n) is 1.80. The molecule has 1 aromatic heterocycles. The number of thiophene rings is 1. The molecule has 1 aromatic carbocycles. The Labute approximate surface area is 105 Å². The lowest BCUT2D eigenvalue weighted by molar-refractivity contribution is 0.0584. The molecule has 0 amide bonds. The second kappa shape index (κ2) is 4.90. The van der Waals surface area contributed by atoms with Crippen molar-refractivity contribution in [2.45, 2.75) is 18.9 Å². The number of rotatable bonds is 4. The van der Waals surface area contributed by atoms with Crippen molar-refractivity contribution < 1.29 is 9.84 Å². The number of aliphatic hydroxyl groups is 1. The molecule has 0 spiro atoms. The summed E-state index contributed by atoms with van der Waals surface area (Å²) < 4.78 is 5.11. The van der Waals surface area contributed by atoms with Gasteiger partial charge >= 0.3 is 0 Å². The Morgan fingerprint density at radius 3 is 2.47 bits per heavy atom. The summed E-state index contributed by atoms with van der Waals surface area (Å²) in [7, 11) is 1.64. The molecule has 2 nitrogen and oxygen atoms in total. The molecule has 0 fully saturated rings. The van der Waals surface area contributed by atoms with Crippen LogP contribution < -0.4 is 4.74 Å². The van der Waals surface area contributed by atoms with E-state index in [0.29, 0.717) is 6.42 Å². The normalized spacial score (nSPS) is 14.3. The summed E-state index contributed by atoms with van der Waals surface area (Å²) in [6.07, 6.45) is 0.636. The van der Waals surface area contributed by atoms with E-state index in [1.54, 1.807) is 18.4 Å². The first-order valence-electron chi connectivity index (χ1n) is 5.51. The Morgan fingerprint density at radius 2 is 1.94 bits per heavy atom. The molecular formula is C14H16O2S. The summed E-state index contributed by atoms with van der Waals surface area (Å²) in [5, 5.41) is 12.5. The van der Waals surface area contributed by atoms with Gasteiger partial charge in [-0.15, -0.1) is 11.3 Å². The van der Waals surface area contributed by atoms with Gasteiger partial charge in [0, 0.05) is 11.3 Å². The second-order valence-electron chi connectivity index (χ2n) is 4.26. The van der Waals surface area contributed by atoms with E-state index >= 15 is 0 Å². The molecule has 0 radical (unpaired) electrons. The van der Waals surface area contributed by atoms with Gasteiger partial charge in [-0.05, 0) is 36.1 Å². The number of benzene rings is 1. The van der Waals surface area contributed by atoms with E-state index in [1.165, 1.54) is 4.88 Å². The molecule has 17 heavy (non-hydrogen) atoms. The summed E-state index contributed by atoms with van der Waals surface area (Å²) in [5.41, 5.74) is 0.0728. The summed E-state index contributed by atoms with van der Waals surface area (Å²) in [6, 6.07) is 11.6. The highest BCUT2D eigenvalue weighted by Gasteiger charge is 2.23. The minimum absolute atomic E-state index is 0.636. The fourth-order valence-corrected chi connectivity index (χ4v) is 2.66. The maximum absolute atomic E-state index is 10.5. The van der Waals surface area contributed by atoms with Gasteiger partial charge in [-0.25, -0.2) is 0 Å². The average molecular weight is 248 g/mol. The van der Waals surface area contributed by atoms with Gasteiger partial charge in [0.25, 0.3) is 0 Å². The van der Waals surface area contributed by atoms with Gasteiger partial charge in [-0.2, -0.15) is 0 Å². The lowest BCUT2D eigenvalue weighted by Crippen LogP contribution is -2.23. The summed E-state index contributed by atoms with van der Waals surface area (Å²) in [6.45, 7) is 1.84. The van der Waals surface area contributed by atoms with Crippen LogP contribution in [-0.4, -0.2) is 12.2 Å². The quantitative estimate of drug-likeness (QED) is 0.900. The van der Waals surface area contributed by atoms with Crippen molar-refractivity contribution >= 4 is 11.3 Å². The largest absolute Gasteiger partial charge is 0.497 e. The van der Waals surface area contributed by atoms with E-state index in [0.717, 1.165) is 11.3 Å². The molecule has 3 heteroatoms. The highest BCUT2D eigenvalue weighted by atomic mass is 32.1. The lowest BCUT2D eigenvalue weighted by Gasteiger charge is -2.23. The summed E-state index contributed by atoms with van der Waals surface area (Å²) in [4.78, 5) is 1.19. The molecular weight excluding hydrogens is 232 g/mol. The van der Waals surface area contributed by atoms with E-state index in [4.69, 9.17) is 4.74 Å². The first-order chi connectivity index (χ1) is 8.12. The van der Waals surface area contributed by atoms with Crippen molar-refractivity contribution in [3.05, 3.63) is 52.2 Å². The summed E-state index contributed by atoms with van der Waals surface area (Å²) >= 11 is 1.67. The molecule has 1 N–H and O–H groups in total. The van der Waals surface area contributed by atoms with Crippen LogP contribution >= 0.6 is 11.3 Å². The number of methoxy groups -OCH3 is 1. The van der Waals surface area contributed by atoms with Crippen molar-refractivity contribution in [2.75, 3.05) is 7.11 Å². The van der Waals surface area contributed by atoms with E-state index in [1.807, 2.05) is 48.7 Å². The highest BCUT2D eigenvalue weighted by Crippen LogP contribution is 2.28. The Morgan fingerprint density at radius 1 is 1.24 bits per heavy atom. The first kappa shape index (κ1) is 12.1. The predicted octanol–water partition coefficient (Wildman–Crippen LogP) is 3.21. The van der Waals surface area contributed by atoms with Crippen molar-refractivity contribution in [2.24, 2.45) is 0 Å². The molecule has 2 aromatic rings. The minimum atomic E-state index is -0.836. The molecule has 2 rings (SSSR count). The number of hydrogen-bond donors (Lipinski definition) is 1. The third-order valence-electron chi connectivity index (χ3n) is 2.81. The molecule has 0 bridgehead atoms. The Hall–Kier alpha value is -1.32. The lowest BCUT2D eigenvalue weighted by atomic mass is 9.92. The molecule has 0 aliphatic heterocycles. The zero-order valence-electron chi connectivity index (χ0n) is 10.0. The van der Waals surface area contributed by atoms with Crippen LogP contribution in [0.1, 0.15) is 17.4 Å². The monoisotopic (exact) mass is 248 g/mol. The molecule has 0 saturated heterocycles. The number of ether oxygens (including phenoxy) is 1. The van der Waals surface area contributed by atoms with Gasteiger partial charge in [-0.1, -0.05) is 18.2 Å². The van der Waals surface area contributed by atoms with Crippen LogP contribution in [0.5, 0.6) is 5.75 Å². The van der Waals surface area contributed by atoms with Gasteiger partial charge in [0.2, 0.25) is 0 Å². The molecule has 0 saturated carbocycles. The van der Waals surface area contributed by atoms with Crippen LogP contribution in [0.2, 0.25) is 0 Å². The van der Waals surface area contributed by atoms with Gasteiger partial charge in [0.15, 0.2) is 0 Å². The van der Waals surface area contributed by atoms with Crippen LogP contribution in [0, 0.1) is 0 Å². The van der Waals surface area contributed by atoms with Crippen LogP contribution in [0.4, 0.5) is 0 Å². The molecule has 1 heterocycles. The standard InChI is InChI=1S/C14H16O2S/c1-14(15,10-13-4-3-9-17-13)11-5-7-12(16-2)8-6-11/h3-9,15H,10H2,1-2H3. The van der Waals surface area contributed by atoms with E-state index in [2.05, 4.69) is 0 Å². The zero-order chi connectivity index (χ0) is 12.3. The molecule has 1 atom stereocenters. The third kappa shape index (κ3) is 2.87. The smallest absolute Gasteiger partial charge is 0.118 e. The SMILES string of the molecule is COc1ccc(C(C)(O)Cc2cccs2)cc1. The van der Waals surface area contributed by atoms with Crippen LogP contribution in [0.15, 0.2) is 41.8 Å². The predicted molar refractivity (Wildman–Crippen MR) is 70.6 cm³/mol. The van der Waals surface area contributed by atoms with Gasteiger partial charge < -0.3 is 9.84 Å². The molecule has 0 aliphatic carbocycles. The van der Waals surface area contributed by atoms with Crippen molar-refractivity contribution in [3.63, 3.8) is 0 Å². The van der Waals surface area contributed by atoms with E-state index < -0.39 is 5.60 Å². The molecule has 90 valence electrons. The maximum Gasteiger partial charge on any atom is 0.118 e. The third-order valence-corrected chi connectivity index (χ3v) is 3.69. The first-order valence-corrected chi connectivity index (χ1v) is 6.39. The zero-order valence-corrected chi connectivity index (χ0v) is 10.8. The Kier molecular flexibility index (Phi) is 3.50. The molecule has 0 aliphatic rings. The fraction of sp³-hybridized carbons (Fsp3) is 0.286. The van der Waals surface area contributed by atoms with E-state index in [-0.39, 0.29) is 0 Å². The van der Waals surface area contributed by atoms with Crippen molar-refractivity contribution in [1.29, 1.82) is 0 Å². The second-order valence-corrected chi connectivity index (χ2v) is 5.29. The van der Waals surface area contributed by atoms with Crippen molar-refractivity contribution in [1.82, 2.24) is 0 Å². The van der Waals surface area contributed by atoms with Crippen molar-refractivity contribution in [3.8, 4) is 5.75 Å². The van der Waals surface area contributed by atoms with E-state index in [9.17, 15) is 5.11 Å². The minimum Gasteiger partial charge on any atom is -0.497 e. The Bertz CT molecular complexity index is 457. The number of hydrogen-bond acceptors (Lipinski definition) is 3. The van der Waals surface area contributed by atoms with Gasteiger partial charge in [0.05, 0.1) is 12.7 Å².